The molecular weight excluding hydrogens is 2100 g/mol. The number of allylic oxidation sites excluding steroid dienone is 1. The van der Waals surface area contributed by atoms with E-state index in [2.05, 4.69) is 161 Å². The van der Waals surface area contributed by atoms with Crippen molar-refractivity contribution in [3.8, 4) is 23.0 Å². The van der Waals surface area contributed by atoms with Crippen molar-refractivity contribution in [1.29, 1.82) is 0 Å². The summed E-state index contributed by atoms with van der Waals surface area (Å²) in [6, 6.07) is 47.5. The summed E-state index contributed by atoms with van der Waals surface area (Å²) >= 11 is 6.88. The van der Waals surface area contributed by atoms with E-state index in [1.165, 1.54) is 62.0 Å². The number of amides is 2. The van der Waals surface area contributed by atoms with E-state index in [1.807, 2.05) is 167 Å². The number of ketones is 1. The third-order valence-electron chi connectivity index (χ3n) is 19.5. The van der Waals surface area contributed by atoms with Gasteiger partial charge >= 0.3 is 82.7 Å². The molecule has 8 aromatic carbocycles. The van der Waals surface area contributed by atoms with Crippen LogP contribution in [0.3, 0.4) is 0 Å². The second-order valence-electron chi connectivity index (χ2n) is 38.1. The SMILES string of the molecule is C=CC(C)=O.CC.CC(=O)O.CC(=O)O.CC(=O)O.CCc1cc(C)ccc1CCC(=O)O.CCc1cc(C)ccc1CCC(=O)OC(C)(C)C.CCc1cc(O)ccc1CCC(=O)OC(C)(C)C.CCc1cc(O)ccc1CCC(=O)OC(C)(C)C.CCc1cc(O[Si](C)(C)C(C)(C)C)ccc1Br.Cc1cc(O)ccc1Br.Cc1ccc(CCC(=O)OC(C)(C)C)c(CN)c1.O=C1[N-]C(=O)c2ccccc21.[H+].[K+].[Pd]. The minimum Gasteiger partial charge on any atom is -0.587 e. The van der Waals surface area contributed by atoms with E-state index in [1.54, 1.807) is 60.7 Å². The van der Waals surface area contributed by atoms with Crippen molar-refractivity contribution >= 4 is 106 Å². The molecule has 1 aliphatic heterocycles. The number of rotatable bonds is 24. The van der Waals surface area contributed by atoms with Crippen LogP contribution in [0, 0.1) is 27.7 Å². The summed E-state index contributed by atoms with van der Waals surface area (Å²) in [7, 11) is -1.71. The number of halogens is 2. The maximum Gasteiger partial charge on any atom is 1.00 e. The van der Waals surface area contributed by atoms with Gasteiger partial charge in [0.2, 0.25) is 8.32 Å². The maximum absolute atomic E-state index is 11.7. The third-order valence-corrected chi connectivity index (χ3v) is 25.5. The fourth-order valence-electron chi connectivity index (χ4n) is 12.0. The molecule has 0 saturated carbocycles. The van der Waals surface area contributed by atoms with E-state index in [0.717, 1.165) is 108 Å². The molecule has 9 N–H and O–H groups in total. The van der Waals surface area contributed by atoms with E-state index in [9.17, 15) is 48.6 Å². The van der Waals surface area contributed by atoms with E-state index in [-0.39, 0.29) is 126 Å². The molecule has 1 heterocycles. The average Bonchev–Trinajstić information content (AvgIpc) is 1.70. The number of hydrogen-bond acceptors (Lipinski definition) is 20. The van der Waals surface area contributed by atoms with Crippen LogP contribution in [0.2, 0.25) is 18.1 Å². The first-order chi connectivity index (χ1) is 65.5. The van der Waals surface area contributed by atoms with Crippen LogP contribution in [0.15, 0.2) is 173 Å². The van der Waals surface area contributed by atoms with Crippen molar-refractivity contribution < 1.29 is 185 Å². The Bertz CT molecular complexity index is 4880. The van der Waals surface area contributed by atoms with Crippen LogP contribution < -0.4 is 61.5 Å². The average molecular weight is 2270 g/mol. The number of imide groups is 1. The number of carboxylic acid groups (broad SMARTS) is 4. The molecule has 0 aromatic heterocycles. The second kappa shape index (κ2) is 75.4. The number of hydrogen-bond donors (Lipinski definition) is 8. The molecule has 2 amide bonds. The number of nitrogens with zero attached hydrogens (tertiary/aromatic N) is 1. The number of ether oxygens (including phenoxy) is 4. The molecular formula is C114H166Br2KN2O23PdSi+. The molecule has 30 heteroatoms. The van der Waals surface area contributed by atoms with Crippen LogP contribution in [-0.2, 0) is 153 Å². The zero-order valence-electron chi connectivity index (χ0n) is 92.8. The summed E-state index contributed by atoms with van der Waals surface area (Å²) in [5, 5.41) is 62.1. The van der Waals surface area contributed by atoms with Crippen molar-refractivity contribution in [2.75, 3.05) is 0 Å². The van der Waals surface area contributed by atoms with Gasteiger partial charge in [-0.3, -0.25) is 43.2 Å². The number of esters is 4. The molecule has 144 heavy (non-hydrogen) atoms. The Labute approximate surface area is 935 Å². The number of fused-ring (bicyclic) bond motifs is 1. The number of aliphatic carboxylic acids is 4. The molecule has 0 bridgehead atoms. The Kier molecular flexibility index (Phi) is 76.1. The van der Waals surface area contributed by atoms with Crippen molar-refractivity contribution in [2.45, 2.75) is 351 Å². The van der Waals surface area contributed by atoms with Crippen LogP contribution >= 0.6 is 31.9 Å². The van der Waals surface area contributed by atoms with Gasteiger partial charge in [0.05, 0.1) is 11.8 Å². The molecule has 9 rings (SSSR count). The normalized spacial score (nSPS) is 10.7. The summed E-state index contributed by atoms with van der Waals surface area (Å²) in [5.41, 5.74) is 22.6. The van der Waals surface area contributed by atoms with Crippen LogP contribution in [0.5, 0.6) is 23.0 Å². The number of phenols is 3. The molecule has 0 aliphatic carbocycles. The number of carboxylic acids is 4. The number of carbonyl (C=O) groups is 11. The Hall–Kier alpha value is -9.29. The maximum atomic E-state index is 11.7. The van der Waals surface area contributed by atoms with Gasteiger partial charge in [-0.15, -0.1) is 0 Å². The summed E-state index contributed by atoms with van der Waals surface area (Å²) < 4.78 is 29.6. The Morgan fingerprint density at radius 3 is 0.910 bits per heavy atom. The van der Waals surface area contributed by atoms with E-state index < -0.39 is 66.4 Å². The molecule has 25 nitrogen and oxygen atoms in total. The molecule has 0 unspecified atom stereocenters. The fraction of sp³-hybridized carbons (Fsp3) is 0.465. The predicted molar refractivity (Wildman–Crippen MR) is 581 cm³/mol. The Balaban J connectivity index is -0.000000293. The molecule has 0 atom stereocenters. The van der Waals surface area contributed by atoms with Crippen molar-refractivity contribution in [1.82, 2.24) is 0 Å². The summed E-state index contributed by atoms with van der Waals surface area (Å²) in [5.74, 6) is -2.84. The topological polar surface area (TPSA) is 416 Å². The third kappa shape index (κ3) is 72.9. The van der Waals surface area contributed by atoms with Gasteiger partial charge in [-0.05, 0) is 334 Å². The van der Waals surface area contributed by atoms with Gasteiger partial charge in [0, 0.05) is 99.9 Å². The Morgan fingerprint density at radius 2 is 0.653 bits per heavy atom. The first-order valence-electron chi connectivity index (χ1n) is 47.7. The zero-order chi connectivity index (χ0) is 111. The van der Waals surface area contributed by atoms with Gasteiger partial charge in [-0.2, -0.15) is 0 Å². The van der Waals surface area contributed by atoms with Crippen LogP contribution in [0.25, 0.3) is 5.32 Å². The monoisotopic (exact) mass is 2260 g/mol. The van der Waals surface area contributed by atoms with Gasteiger partial charge in [0.1, 0.15) is 45.4 Å². The molecule has 1 aliphatic rings. The second-order valence-corrected chi connectivity index (χ2v) is 44.6. The molecule has 8 aromatic rings. The van der Waals surface area contributed by atoms with Crippen LogP contribution in [0.1, 0.15) is 318 Å². The van der Waals surface area contributed by atoms with E-state index in [4.69, 9.17) is 69.0 Å². The number of aromatic hydroxyl groups is 3. The number of phenolic OH excluding ortho intramolecular Hbond substituents is 3. The summed E-state index contributed by atoms with van der Waals surface area (Å²) in [6.45, 7) is 64.9. The van der Waals surface area contributed by atoms with Gasteiger partial charge in [-0.25, -0.2) is 0 Å². The van der Waals surface area contributed by atoms with E-state index in [0.29, 0.717) is 74.8 Å². The largest absolute Gasteiger partial charge is 1.00 e. The molecule has 0 fully saturated rings. The first kappa shape index (κ1) is 145. The molecule has 0 saturated heterocycles. The molecule has 798 valence electrons. The number of benzene rings is 8. The minimum absolute atomic E-state index is 0. The van der Waals surface area contributed by atoms with Gasteiger partial charge < -0.3 is 79.8 Å². The molecule has 0 spiro atoms. The minimum atomic E-state index is -1.71. The quantitative estimate of drug-likeness (QED) is 0.00915. The number of carbonyl (C=O) groups excluding carboxylic acids is 7. The molecule has 0 radical (unpaired) electrons. The summed E-state index contributed by atoms with van der Waals surface area (Å²) in [6.07, 6.45) is 11.2. The van der Waals surface area contributed by atoms with Crippen LogP contribution in [0.4, 0.5) is 0 Å². The smallest absolute Gasteiger partial charge is 0.587 e. The van der Waals surface area contributed by atoms with Crippen LogP contribution in [-0.4, -0.2) is 132 Å². The number of nitrogens with two attached hydrogens (primary N) is 1. The van der Waals surface area contributed by atoms with Crippen molar-refractivity contribution in [3.63, 3.8) is 0 Å². The first-order valence-corrected chi connectivity index (χ1v) is 52.2. The van der Waals surface area contributed by atoms with Gasteiger partial charge in [0.25, 0.3) is 17.9 Å². The van der Waals surface area contributed by atoms with Crippen molar-refractivity contribution in [2.24, 2.45) is 5.73 Å². The predicted octanol–water partition coefficient (Wildman–Crippen LogP) is 24.0. The van der Waals surface area contributed by atoms with E-state index >= 15 is 0 Å². The standard InChI is InChI=1S/C16H24O2.C15H23NO2.2C15H22O3.C14H23BrOSi.C12H16O2.C8H5NO2.C7H7BrO.C4H6O.3C2H4O2.C2H6.K.Pd/c1-6-13-11-12(2)7-8-14(13)9-10-15(17)18-16(3,4)5;1-11-5-6-12(13(9-11)10-16)7-8-14(17)18-15(2,3)4;2*1-5-11-10-13(16)8-6-12(11)7-9-14(17)18-15(2,3)4;1-7-11-10-12(8-9-13(11)15)16-17(5,6)14(2,3)4;1-3-10-8-9(2)4-5-11(10)6-7-12(13)14;10-7-5-3-1-2-4-6(5)8(11)9-7;1-5-4-6(9)2-3-7(5)8;1-3-4(2)5;3*1-2(3)4;1-2;;/h7-8,11H,6,9-10H2,1-5H3;5-6,9H,7-8,10,16H2,1-4H3;2*6,8,10,16H,5,7,9H2,1-4H3;8-10H,7H2,1-6H3;4-5,8H,3,6-7H2,1-2H3,(H,13,14);1-4H,(H,9,10,11);2-4,9H,1H3;3H,1H2,2H3;3*1H3,(H,3,4);1-2H3;;/q;;;;;;;;;;;;;+1;. The van der Waals surface area contributed by atoms with Crippen molar-refractivity contribution in [3.05, 3.63) is 273 Å². The fourth-order valence-corrected chi connectivity index (χ4v) is 13.8. The Morgan fingerprint density at radius 1 is 0.396 bits per heavy atom. The summed E-state index contributed by atoms with van der Waals surface area (Å²) in [4.78, 5) is 115. The van der Waals surface area contributed by atoms with Gasteiger partial charge in [0.15, 0.2) is 5.78 Å². The zero-order valence-corrected chi connectivity index (χ0v) is 101. The van der Waals surface area contributed by atoms with Gasteiger partial charge in [-0.1, -0.05) is 215 Å². The number of aryl methyl sites for hydroxylation is 14.